The number of oxazole rings is 1. The molecule has 164 valence electrons. The number of hydrogen-bond donors (Lipinski definition) is 1. The summed E-state index contributed by atoms with van der Waals surface area (Å²) in [6.45, 7) is 6.29. The van der Waals surface area contributed by atoms with E-state index in [0.29, 0.717) is 44.0 Å². The van der Waals surface area contributed by atoms with E-state index in [1.54, 1.807) is 36.4 Å². The van der Waals surface area contributed by atoms with Crippen LogP contribution in [0.1, 0.15) is 26.3 Å². The summed E-state index contributed by atoms with van der Waals surface area (Å²) >= 11 is 12.3. The number of nitrogens with zero attached hydrogens (tertiary/aromatic N) is 1. The van der Waals surface area contributed by atoms with E-state index in [9.17, 15) is 4.79 Å². The van der Waals surface area contributed by atoms with Crippen LogP contribution >= 0.6 is 23.2 Å². The van der Waals surface area contributed by atoms with Crippen molar-refractivity contribution in [2.24, 2.45) is 0 Å². The summed E-state index contributed by atoms with van der Waals surface area (Å²) in [5.41, 5.74) is 3.64. The topological polar surface area (TPSA) is 64.4 Å². The largest absolute Gasteiger partial charge is 0.484 e. The maximum Gasteiger partial charge on any atom is 0.262 e. The quantitative estimate of drug-likeness (QED) is 0.338. The average Bonchev–Trinajstić information content (AvgIpc) is 3.16. The normalized spacial score (nSPS) is 11.5. The maximum absolute atomic E-state index is 12.4. The summed E-state index contributed by atoms with van der Waals surface area (Å²) in [7, 11) is 0. The Kier molecular flexibility index (Phi) is 6.13. The fourth-order valence-electron chi connectivity index (χ4n) is 3.16. The van der Waals surface area contributed by atoms with Gasteiger partial charge >= 0.3 is 0 Å². The van der Waals surface area contributed by atoms with Crippen LogP contribution in [0.5, 0.6) is 5.75 Å². The fourth-order valence-corrected chi connectivity index (χ4v) is 3.50. The van der Waals surface area contributed by atoms with Crippen molar-refractivity contribution in [1.82, 2.24) is 4.98 Å². The molecule has 0 aliphatic heterocycles. The molecule has 1 heterocycles. The first-order chi connectivity index (χ1) is 15.2. The number of benzene rings is 3. The van der Waals surface area contributed by atoms with Crippen LogP contribution in [0, 0.1) is 0 Å². The van der Waals surface area contributed by atoms with Crippen molar-refractivity contribution in [3.05, 3.63) is 76.3 Å². The minimum atomic E-state index is -0.326. The van der Waals surface area contributed by atoms with Crippen molar-refractivity contribution >= 4 is 45.9 Å². The molecule has 0 saturated heterocycles. The highest BCUT2D eigenvalue weighted by Crippen LogP contribution is 2.31. The van der Waals surface area contributed by atoms with Crippen LogP contribution in [0.2, 0.25) is 10.0 Å². The fraction of sp³-hybridized carbons (Fsp3) is 0.200. The molecular weight excluding hydrogens is 447 g/mol. The van der Waals surface area contributed by atoms with Crippen LogP contribution < -0.4 is 10.1 Å². The number of hydrogen-bond acceptors (Lipinski definition) is 4. The molecule has 7 heteroatoms. The minimum Gasteiger partial charge on any atom is -0.484 e. The van der Waals surface area contributed by atoms with Gasteiger partial charge in [0.05, 0.1) is 10.7 Å². The standard InChI is InChI=1S/C25H22Cl2N2O3/c1-25(2,3)16-5-8-18(9-6-16)31-14-23(30)28-20-12-15(4-10-19(20)27)24-29-21-13-17(26)7-11-22(21)32-24/h4-13H,14H2,1-3H3,(H,28,30). The number of aromatic nitrogens is 1. The van der Waals surface area contributed by atoms with Crippen molar-refractivity contribution < 1.29 is 13.9 Å². The summed E-state index contributed by atoms with van der Waals surface area (Å²) in [4.78, 5) is 16.9. The molecule has 0 bridgehead atoms. The molecule has 0 saturated carbocycles. The lowest BCUT2D eigenvalue weighted by molar-refractivity contribution is -0.118. The maximum atomic E-state index is 12.4. The number of rotatable bonds is 5. The van der Waals surface area contributed by atoms with Gasteiger partial charge in [0.1, 0.15) is 11.3 Å². The first-order valence-corrected chi connectivity index (χ1v) is 10.8. The van der Waals surface area contributed by atoms with E-state index >= 15 is 0 Å². The molecule has 32 heavy (non-hydrogen) atoms. The van der Waals surface area contributed by atoms with Crippen LogP contribution in [0.4, 0.5) is 5.69 Å². The molecule has 0 fully saturated rings. The van der Waals surface area contributed by atoms with Gasteiger partial charge in [-0.15, -0.1) is 0 Å². The predicted octanol–water partition coefficient (Wildman–Crippen LogP) is 7.12. The zero-order valence-electron chi connectivity index (χ0n) is 17.9. The minimum absolute atomic E-state index is 0.0542. The molecule has 0 unspecified atom stereocenters. The lowest BCUT2D eigenvalue weighted by atomic mass is 9.87. The smallest absolute Gasteiger partial charge is 0.262 e. The van der Waals surface area contributed by atoms with E-state index in [1.807, 2.05) is 24.3 Å². The number of ether oxygens (including phenoxy) is 1. The molecule has 1 N–H and O–H groups in total. The monoisotopic (exact) mass is 468 g/mol. The zero-order valence-corrected chi connectivity index (χ0v) is 19.4. The molecule has 0 aliphatic rings. The summed E-state index contributed by atoms with van der Waals surface area (Å²) < 4.78 is 11.4. The average molecular weight is 469 g/mol. The van der Waals surface area contributed by atoms with Crippen molar-refractivity contribution in [2.75, 3.05) is 11.9 Å². The Morgan fingerprint density at radius 3 is 2.50 bits per heavy atom. The predicted molar refractivity (Wildman–Crippen MR) is 129 cm³/mol. The van der Waals surface area contributed by atoms with Gasteiger partial charge < -0.3 is 14.5 Å². The summed E-state index contributed by atoms with van der Waals surface area (Å²) in [6.07, 6.45) is 0. The van der Waals surface area contributed by atoms with E-state index in [-0.39, 0.29) is 17.9 Å². The number of carbonyl (C=O) groups excluding carboxylic acids is 1. The molecular formula is C25H22Cl2N2O3. The van der Waals surface area contributed by atoms with Crippen molar-refractivity contribution in [1.29, 1.82) is 0 Å². The second-order valence-electron chi connectivity index (χ2n) is 8.44. The third kappa shape index (κ3) is 5.06. The SMILES string of the molecule is CC(C)(C)c1ccc(OCC(=O)Nc2cc(-c3nc4cc(Cl)ccc4o3)ccc2Cl)cc1. The summed E-state index contributed by atoms with van der Waals surface area (Å²) in [5, 5.41) is 3.76. The van der Waals surface area contributed by atoms with E-state index in [0.717, 1.165) is 0 Å². The van der Waals surface area contributed by atoms with Crippen LogP contribution in [-0.2, 0) is 10.2 Å². The van der Waals surface area contributed by atoms with Gasteiger partial charge in [-0.25, -0.2) is 4.98 Å². The van der Waals surface area contributed by atoms with Gasteiger partial charge in [-0.1, -0.05) is 56.1 Å². The second kappa shape index (κ2) is 8.85. The van der Waals surface area contributed by atoms with Crippen LogP contribution in [0.3, 0.4) is 0 Å². The molecule has 4 aromatic rings. The Hall–Kier alpha value is -3.02. The Morgan fingerprint density at radius 1 is 1.03 bits per heavy atom. The highest BCUT2D eigenvalue weighted by atomic mass is 35.5. The molecule has 1 aromatic heterocycles. The van der Waals surface area contributed by atoms with E-state index < -0.39 is 0 Å². The molecule has 0 spiro atoms. The van der Waals surface area contributed by atoms with Crippen LogP contribution in [0.15, 0.2) is 65.1 Å². The van der Waals surface area contributed by atoms with Gasteiger partial charge in [-0.05, 0) is 59.5 Å². The third-order valence-corrected chi connectivity index (χ3v) is 5.49. The number of carbonyl (C=O) groups is 1. The molecule has 4 rings (SSSR count). The van der Waals surface area contributed by atoms with Crippen molar-refractivity contribution in [2.45, 2.75) is 26.2 Å². The van der Waals surface area contributed by atoms with Crippen LogP contribution in [0.25, 0.3) is 22.6 Å². The number of fused-ring (bicyclic) bond motifs is 1. The molecule has 5 nitrogen and oxygen atoms in total. The molecule has 0 atom stereocenters. The number of nitrogens with one attached hydrogen (secondary N) is 1. The molecule has 0 aliphatic carbocycles. The van der Waals surface area contributed by atoms with Crippen molar-refractivity contribution in [3.63, 3.8) is 0 Å². The lowest BCUT2D eigenvalue weighted by Gasteiger charge is -2.19. The van der Waals surface area contributed by atoms with Crippen LogP contribution in [-0.4, -0.2) is 17.5 Å². The Morgan fingerprint density at radius 2 is 1.78 bits per heavy atom. The number of anilines is 1. The number of amides is 1. The van der Waals surface area contributed by atoms with Gasteiger partial charge in [0.15, 0.2) is 12.2 Å². The van der Waals surface area contributed by atoms with Gasteiger partial charge in [0.25, 0.3) is 5.91 Å². The molecule has 1 amide bonds. The van der Waals surface area contributed by atoms with Gasteiger partial charge in [-0.3, -0.25) is 4.79 Å². The third-order valence-electron chi connectivity index (χ3n) is 4.93. The van der Waals surface area contributed by atoms with E-state index in [2.05, 4.69) is 31.1 Å². The Labute approximate surface area is 196 Å². The highest BCUT2D eigenvalue weighted by molar-refractivity contribution is 6.33. The lowest BCUT2D eigenvalue weighted by Crippen LogP contribution is -2.20. The van der Waals surface area contributed by atoms with E-state index in [4.69, 9.17) is 32.4 Å². The number of halogens is 2. The Bertz CT molecular complexity index is 1270. The first-order valence-electron chi connectivity index (χ1n) is 10.1. The summed E-state index contributed by atoms with van der Waals surface area (Å²) in [5.74, 6) is 0.705. The van der Waals surface area contributed by atoms with Gasteiger partial charge in [0.2, 0.25) is 5.89 Å². The molecule has 0 radical (unpaired) electrons. The second-order valence-corrected chi connectivity index (χ2v) is 9.28. The van der Waals surface area contributed by atoms with Gasteiger partial charge in [-0.2, -0.15) is 0 Å². The van der Waals surface area contributed by atoms with E-state index in [1.165, 1.54) is 5.56 Å². The summed E-state index contributed by atoms with van der Waals surface area (Å²) in [6, 6.07) is 18.1. The zero-order chi connectivity index (χ0) is 22.9. The molecule has 3 aromatic carbocycles. The first kappa shape index (κ1) is 22.2. The Balaban J connectivity index is 1.45. The highest BCUT2D eigenvalue weighted by Gasteiger charge is 2.15. The van der Waals surface area contributed by atoms with Gasteiger partial charge in [0, 0.05) is 10.6 Å². The van der Waals surface area contributed by atoms with Crippen molar-refractivity contribution in [3.8, 4) is 17.2 Å².